The molecular weight excluding hydrogens is 404 g/mol. The van der Waals surface area contributed by atoms with Crippen LogP contribution in [0.5, 0.6) is 0 Å². The van der Waals surface area contributed by atoms with Crippen LogP contribution >= 0.6 is 0 Å². The second-order valence-electron chi connectivity index (χ2n) is 7.24. The number of hydrogen-bond acceptors (Lipinski definition) is 6. The average Bonchev–Trinajstić information content (AvgIpc) is 3.29. The fourth-order valence-corrected chi connectivity index (χ4v) is 3.67. The van der Waals surface area contributed by atoms with Crippen molar-refractivity contribution in [1.82, 2.24) is 40.1 Å². The summed E-state index contributed by atoms with van der Waals surface area (Å²) in [7, 11) is 0. The summed E-state index contributed by atoms with van der Waals surface area (Å²) < 4.78 is 56.2. The minimum absolute atomic E-state index is 0.0472. The topological polar surface area (TPSA) is 85.8 Å². The minimum Gasteiger partial charge on any atom is -0.317 e. The molecule has 5 rings (SSSR count). The summed E-state index contributed by atoms with van der Waals surface area (Å²) in [5.41, 5.74) is -0.997. The van der Waals surface area contributed by atoms with Gasteiger partial charge in [0.05, 0.1) is 11.7 Å². The third-order valence-corrected chi connectivity index (χ3v) is 5.11. The molecule has 1 N–H and O–H groups in total. The highest BCUT2D eigenvalue weighted by Crippen LogP contribution is 2.34. The predicted octanol–water partition coefficient (Wildman–Crippen LogP) is 2.93. The van der Waals surface area contributed by atoms with E-state index >= 15 is 0 Å². The summed E-state index contributed by atoms with van der Waals surface area (Å²) in [4.78, 5) is 5.30. The van der Waals surface area contributed by atoms with Crippen molar-refractivity contribution in [3.63, 3.8) is 0 Å². The SMILES string of the molecule is Cc1nc2c(C(F)(F)F)cc(-c3cc(F)c4nn(C5CCNCC5)nc4c3)nn2n1. The van der Waals surface area contributed by atoms with Gasteiger partial charge in [-0.1, -0.05) is 0 Å². The van der Waals surface area contributed by atoms with Crippen LogP contribution in [0, 0.1) is 12.7 Å². The lowest BCUT2D eigenvalue weighted by atomic mass is 10.1. The van der Waals surface area contributed by atoms with E-state index in [1.54, 1.807) is 0 Å². The molecular formula is C18H16F4N8. The number of nitrogens with zero attached hydrogens (tertiary/aromatic N) is 7. The van der Waals surface area contributed by atoms with Crippen LogP contribution < -0.4 is 5.32 Å². The fourth-order valence-electron chi connectivity index (χ4n) is 3.67. The molecule has 156 valence electrons. The van der Waals surface area contributed by atoms with E-state index in [0.29, 0.717) is 0 Å². The number of aromatic nitrogens is 7. The van der Waals surface area contributed by atoms with Gasteiger partial charge in [-0.3, -0.25) is 0 Å². The molecule has 4 heterocycles. The van der Waals surface area contributed by atoms with E-state index in [-0.39, 0.29) is 34.2 Å². The Bertz CT molecular complexity index is 1250. The van der Waals surface area contributed by atoms with Crippen LogP contribution in [0.2, 0.25) is 0 Å². The highest BCUT2D eigenvalue weighted by molar-refractivity contribution is 5.81. The van der Waals surface area contributed by atoms with Crippen molar-refractivity contribution in [2.24, 2.45) is 0 Å². The Morgan fingerprint density at radius 3 is 2.53 bits per heavy atom. The number of halogens is 4. The minimum atomic E-state index is -4.67. The lowest BCUT2D eigenvalue weighted by molar-refractivity contribution is -0.136. The molecule has 1 aliphatic heterocycles. The monoisotopic (exact) mass is 420 g/mol. The Labute approximate surface area is 166 Å². The van der Waals surface area contributed by atoms with Crippen molar-refractivity contribution in [3.8, 4) is 11.3 Å². The highest BCUT2D eigenvalue weighted by atomic mass is 19.4. The summed E-state index contributed by atoms with van der Waals surface area (Å²) in [6.07, 6.45) is -3.04. The quantitative estimate of drug-likeness (QED) is 0.502. The van der Waals surface area contributed by atoms with E-state index in [1.165, 1.54) is 17.8 Å². The molecule has 0 atom stereocenters. The van der Waals surface area contributed by atoms with E-state index in [2.05, 4.69) is 30.7 Å². The van der Waals surface area contributed by atoms with Crippen LogP contribution in [0.25, 0.3) is 27.9 Å². The molecule has 0 radical (unpaired) electrons. The van der Waals surface area contributed by atoms with Crippen LogP contribution in [0.15, 0.2) is 18.2 Å². The van der Waals surface area contributed by atoms with Gasteiger partial charge in [-0.2, -0.15) is 23.1 Å². The molecule has 1 saturated heterocycles. The van der Waals surface area contributed by atoms with Gasteiger partial charge in [0.1, 0.15) is 22.4 Å². The lowest BCUT2D eigenvalue weighted by Gasteiger charge is -2.21. The van der Waals surface area contributed by atoms with Gasteiger partial charge in [0.25, 0.3) is 0 Å². The zero-order chi connectivity index (χ0) is 21.0. The number of rotatable bonds is 2. The third kappa shape index (κ3) is 3.16. The zero-order valence-corrected chi connectivity index (χ0v) is 15.8. The van der Waals surface area contributed by atoms with Crippen molar-refractivity contribution < 1.29 is 17.6 Å². The van der Waals surface area contributed by atoms with Gasteiger partial charge < -0.3 is 5.32 Å². The molecule has 1 aliphatic rings. The highest BCUT2D eigenvalue weighted by Gasteiger charge is 2.35. The number of aryl methyl sites for hydroxylation is 1. The molecule has 30 heavy (non-hydrogen) atoms. The largest absolute Gasteiger partial charge is 0.420 e. The standard InChI is InChI=1S/C18H16F4N8/c1-9-24-17-12(18(20,21)22)8-14(26-30(17)25-9)10-6-13(19)16-15(7-10)27-29(28-16)11-2-4-23-5-3-11/h6-8,11,23H,2-5H2,1H3. The number of alkyl halides is 3. The molecule has 1 fully saturated rings. The number of benzene rings is 1. The first-order valence-corrected chi connectivity index (χ1v) is 9.39. The molecule has 1 aromatic carbocycles. The Hall–Kier alpha value is -3.15. The molecule has 0 amide bonds. The van der Waals surface area contributed by atoms with Crippen molar-refractivity contribution >= 4 is 16.7 Å². The zero-order valence-electron chi connectivity index (χ0n) is 15.8. The third-order valence-electron chi connectivity index (χ3n) is 5.11. The van der Waals surface area contributed by atoms with Gasteiger partial charge in [0.2, 0.25) is 0 Å². The first kappa shape index (κ1) is 18.9. The molecule has 0 unspecified atom stereocenters. The number of nitrogens with one attached hydrogen (secondary N) is 1. The van der Waals surface area contributed by atoms with E-state index in [4.69, 9.17) is 0 Å². The van der Waals surface area contributed by atoms with Gasteiger partial charge in [0, 0.05) is 5.56 Å². The van der Waals surface area contributed by atoms with Crippen molar-refractivity contribution in [1.29, 1.82) is 0 Å². The van der Waals surface area contributed by atoms with Crippen LogP contribution in [0.3, 0.4) is 0 Å². The van der Waals surface area contributed by atoms with E-state index in [9.17, 15) is 17.6 Å². The molecule has 0 saturated carbocycles. The molecule has 12 heteroatoms. The number of piperidine rings is 1. The average molecular weight is 420 g/mol. The Kier molecular flexibility index (Phi) is 4.20. The maximum atomic E-state index is 14.8. The molecule has 0 bridgehead atoms. The Morgan fingerprint density at radius 2 is 1.80 bits per heavy atom. The fraction of sp³-hybridized carbons (Fsp3) is 0.389. The molecule has 0 spiro atoms. The van der Waals surface area contributed by atoms with Crippen molar-refractivity contribution in [2.45, 2.75) is 32.0 Å². The first-order chi connectivity index (χ1) is 14.3. The Morgan fingerprint density at radius 1 is 1.03 bits per heavy atom. The van der Waals surface area contributed by atoms with Gasteiger partial charge in [-0.05, 0) is 51.1 Å². The van der Waals surface area contributed by atoms with Gasteiger partial charge in [0.15, 0.2) is 11.5 Å². The van der Waals surface area contributed by atoms with Crippen LogP contribution in [-0.4, -0.2) is 47.9 Å². The van der Waals surface area contributed by atoms with Gasteiger partial charge in [-0.25, -0.2) is 9.37 Å². The molecule has 0 aliphatic carbocycles. The summed E-state index contributed by atoms with van der Waals surface area (Å²) in [6.45, 7) is 3.11. The summed E-state index contributed by atoms with van der Waals surface area (Å²) in [5, 5.41) is 19.9. The summed E-state index contributed by atoms with van der Waals surface area (Å²) >= 11 is 0. The maximum absolute atomic E-state index is 14.8. The second kappa shape index (κ2) is 6.69. The summed E-state index contributed by atoms with van der Waals surface area (Å²) in [6, 6.07) is 3.50. The second-order valence-corrected chi connectivity index (χ2v) is 7.24. The van der Waals surface area contributed by atoms with E-state index < -0.39 is 23.2 Å². The van der Waals surface area contributed by atoms with Gasteiger partial charge >= 0.3 is 6.18 Å². The van der Waals surface area contributed by atoms with E-state index in [1.807, 2.05) is 0 Å². The molecule has 8 nitrogen and oxygen atoms in total. The molecule has 4 aromatic rings. The van der Waals surface area contributed by atoms with Gasteiger partial charge in [-0.15, -0.1) is 19.9 Å². The van der Waals surface area contributed by atoms with Crippen molar-refractivity contribution in [2.75, 3.05) is 13.1 Å². The van der Waals surface area contributed by atoms with Crippen LogP contribution in [-0.2, 0) is 6.18 Å². The maximum Gasteiger partial charge on any atom is 0.420 e. The molecule has 3 aromatic heterocycles. The smallest absolute Gasteiger partial charge is 0.317 e. The number of hydrogen-bond donors (Lipinski definition) is 1. The van der Waals surface area contributed by atoms with Crippen LogP contribution in [0.1, 0.15) is 30.3 Å². The van der Waals surface area contributed by atoms with Crippen LogP contribution in [0.4, 0.5) is 17.6 Å². The normalized spacial score (nSPS) is 16.0. The number of fused-ring (bicyclic) bond motifs is 2. The van der Waals surface area contributed by atoms with Crippen molar-refractivity contribution in [3.05, 3.63) is 35.4 Å². The van der Waals surface area contributed by atoms with E-state index in [0.717, 1.165) is 42.7 Å². The Balaban J connectivity index is 1.64. The predicted molar refractivity (Wildman–Crippen MR) is 98.1 cm³/mol. The summed E-state index contributed by atoms with van der Waals surface area (Å²) in [5.74, 6) is -0.524. The first-order valence-electron chi connectivity index (χ1n) is 9.39. The lowest BCUT2D eigenvalue weighted by Crippen LogP contribution is -2.30.